The summed E-state index contributed by atoms with van der Waals surface area (Å²) < 4.78 is 1.59. The van der Waals surface area contributed by atoms with Crippen LogP contribution in [-0.2, 0) is 29.3 Å². The minimum absolute atomic E-state index is 0. The van der Waals surface area contributed by atoms with Crippen molar-refractivity contribution in [1.29, 1.82) is 0 Å². The van der Waals surface area contributed by atoms with Gasteiger partial charge in [0.25, 0.3) is 0 Å². The monoisotopic (exact) mass is 765 g/mol. The largest absolute Gasteiger partial charge is 2.00 e. The van der Waals surface area contributed by atoms with Crippen LogP contribution < -0.4 is 0 Å². The summed E-state index contributed by atoms with van der Waals surface area (Å²) in [5, 5.41) is 0. The molecular weight excluding hydrogens is 687 g/mol. The third-order valence-electron chi connectivity index (χ3n) is 10.5. The second-order valence-electron chi connectivity index (χ2n) is 14.8. The van der Waals surface area contributed by atoms with Gasteiger partial charge in [0.1, 0.15) is 0 Å². The Morgan fingerprint density at radius 2 is 0.943 bits per heavy atom. The van der Waals surface area contributed by atoms with Crippen molar-refractivity contribution in [2.75, 3.05) is 0 Å². The van der Waals surface area contributed by atoms with E-state index in [1.807, 2.05) is 0 Å². The van der Waals surface area contributed by atoms with E-state index < -0.39 is 0 Å². The Kier molecular flexibility index (Phi) is 30.4. The molecule has 0 saturated carbocycles. The molecule has 0 saturated heterocycles. The van der Waals surface area contributed by atoms with Crippen molar-refractivity contribution in [1.82, 2.24) is 0 Å². The molecule has 0 atom stereocenters. The predicted molar refractivity (Wildman–Crippen MR) is 232 cm³/mol. The third kappa shape index (κ3) is 18.2. The van der Waals surface area contributed by atoms with Crippen LogP contribution in [0, 0.1) is 26.7 Å². The van der Waals surface area contributed by atoms with Gasteiger partial charge in [0.05, 0.1) is 0 Å². The SMILES string of the molecule is CCCCCCCCCCCC#CCCCc1ccccc1C1=C(CCCC)C(CCCCCCCC)=C(c2ccc(CCCC)cc2)[N+]1=[N-].[CH3-].[CH3-].[Ni+2]. The second-order valence-corrected chi connectivity index (χ2v) is 14.8. The fraction of sp³-hybridized carbons (Fsp3) is 0.600. The van der Waals surface area contributed by atoms with Gasteiger partial charge < -0.3 is 20.4 Å². The normalized spacial score (nSPS) is 12.3. The zero-order valence-electron chi connectivity index (χ0n) is 35.2. The zero-order valence-corrected chi connectivity index (χ0v) is 36.2. The van der Waals surface area contributed by atoms with Crippen molar-refractivity contribution in [2.24, 2.45) is 0 Å². The van der Waals surface area contributed by atoms with Crippen LogP contribution in [0.15, 0.2) is 59.7 Å². The van der Waals surface area contributed by atoms with Gasteiger partial charge in [-0.05, 0) is 87.1 Å². The van der Waals surface area contributed by atoms with E-state index in [1.54, 1.807) is 4.70 Å². The molecule has 0 radical (unpaired) electrons. The van der Waals surface area contributed by atoms with E-state index >= 15 is 0 Å². The van der Waals surface area contributed by atoms with E-state index in [9.17, 15) is 5.53 Å². The van der Waals surface area contributed by atoms with Crippen molar-refractivity contribution in [2.45, 2.75) is 195 Å². The Bertz CT molecular complexity index is 1370. The maximum atomic E-state index is 12.2. The molecule has 3 rings (SSSR count). The fourth-order valence-corrected chi connectivity index (χ4v) is 7.45. The first-order valence-electron chi connectivity index (χ1n) is 21.2. The zero-order chi connectivity index (χ0) is 35.7. The molecule has 3 heteroatoms. The number of nitrogens with zero attached hydrogens (tertiary/aromatic N) is 2. The van der Waals surface area contributed by atoms with Crippen LogP contribution in [0.25, 0.3) is 16.9 Å². The first kappa shape index (κ1) is 50.6. The summed E-state index contributed by atoms with van der Waals surface area (Å²) in [7, 11) is 0. The molecule has 0 N–H and O–H groups in total. The van der Waals surface area contributed by atoms with Crippen LogP contribution in [0.5, 0.6) is 0 Å². The maximum absolute atomic E-state index is 12.2. The molecule has 0 spiro atoms. The van der Waals surface area contributed by atoms with Crippen molar-refractivity contribution < 1.29 is 21.2 Å². The number of hydrogen-bond acceptors (Lipinski definition) is 0. The van der Waals surface area contributed by atoms with Gasteiger partial charge in [0.2, 0.25) is 11.4 Å². The van der Waals surface area contributed by atoms with E-state index in [1.165, 1.54) is 137 Å². The number of rotatable bonds is 27. The van der Waals surface area contributed by atoms with Crippen LogP contribution in [0.1, 0.15) is 204 Å². The Balaban J connectivity index is 0.00000901. The topological polar surface area (TPSA) is 25.3 Å². The van der Waals surface area contributed by atoms with Crippen LogP contribution in [0.3, 0.4) is 0 Å². The van der Waals surface area contributed by atoms with Gasteiger partial charge in [-0.3, -0.25) is 0 Å². The van der Waals surface area contributed by atoms with Crippen LogP contribution in [0.4, 0.5) is 0 Å². The molecule has 298 valence electrons. The van der Waals surface area contributed by atoms with Gasteiger partial charge in [-0.1, -0.05) is 154 Å². The van der Waals surface area contributed by atoms with E-state index in [0.717, 1.165) is 74.7 Å². The number of allylic oxidation sites excluding steroid dienone is 2. The van der Waals surface area contributed by atoms with Crippen LogP contribution in [-0.4, -0.2) is 4.70 Å². The maximum Gasteiger partial charge on any atom is 2.00 e. The van der Waals surface area contributed by atoms with Gasteiger partial charge in [-0.25, -0.2) is 4.70 Å². The average Bonchev–Trinajstić information content (AvgIpc) is 3.41. The van der Waals surface area contributed by atoms with Crippen molar-refractivity contribution in [3.8, 4) is 11.8 Å². The number of benzene rings is 2. The number of unbranched alkanes of at least 4 members (excludes halogenated alkanes) is 17. The summed E-state index contributed by atoms with van der Waals surface area (Å²) >= 11 is 0. The third-order valence-corrected chi connectivity index (χ3v) is 10.5. The summed E-state index contributed by atoms with van der Waals surface area (Å²) in [4.78, 5) is 0. The number of aryl methyl sites for hydroxylation is 2. The van der Waals surface area contributed by atoms with E-state index in [-0.39, 0.29) is 31.3 Å². The molecule has 1 aliphatic rings. The molecule has 0 fully saturated rings. The second kappa shape index (κ2) is 31.9. The van der Waals surface area contributed by atoms with Gasteiger partial charge in [0, 0.05) is 35.1 Å². The van der Waals surface area contributed by atoms with Gasteiger partial charge in [-0.2, -0.15) is 0 Å². The van der Waals surface area contributed by atoms with Gasteiger partial charge in [-0.15, -0.1) is 11.8 Å². The van der Waals surface area contributed by atoms with Crippen molar-refractivity contribution >= 4 is 11.4 Å². The molecule has 2 aromatic rings. The molecule has 53 heavy (non-hydrogen) atoms. The minimum atomic E-state index is 0. The first-order valence-corrected chi connectivity index (χ1v) is 21.2. The smallest absolute Gasteiger partial charge is 0.493 e. The quantitative estimate of drug-likeness (QED) is 0.0285. The summed E-state index contributed by atoms with van der Waals surface area (Å²) in [6.45, 7) is 9.11. The Labute approximate surface area is 339 Å². The molecule has 1 heterocycles. The molecule has 0 aromatic heterocycles. The van der Waals surface area contributed by atoms with Crippen molar-refractivity contribution in [3.05, 3.63) is 102 Å². The Morgan fingerprint density at radius 3 is 1.55 bits per heavy atom. The summed E-state index contributed by atoms with van der Waals surface area (Å²) in [5.41, 5.74) is 22.0. The minimum Gasteiger partial charge on any atom is -0.493 e. The summed E-state index contributed by atoms with van der Waals surface area (Å²) in [5.74, 6) is 6.94. The predicted octanol–water partition coefficient (Wildman–Crippen LogP) is 16.3. The Morgan fingerprint density at radius 1 is 0.472 bits per heavy atom. The van der Waals surface area contributed by atoms with Crippen molar-refractivity contribution in [3.63, 3.8) is 0 Å². The van der Waals surface area contributed by atoms with E-state index in [2.05, 4.69) is 88.1 Å². The van der Waals surface area contributed by atoms with Gasteiger partial charge >= 0.3 is 16.5 Å². The van der Waals surface area contributed by atoms with Crippen LogP contribution in [0.2, 0.25) is 0 Å². The molecule has 2 nitrogen and oxygen atoms in total. The molecule has 0 bridgehead atoms. The Hall–Kier alpha value is -2.43. The number of hydrogen-bond donors (Lipinski definition) is 0. The molecule has 2 aromatic carbocycles. The standard InChI is InChI=1S/C48H72N2.2CH3.Ni/c1-5-9-13-15-17-18-19-20-21-22-23-24-25-27-32-42-33-29-30-35-44(42)48-46(34-12-8-4)45(36-28-26-16-14-10-6-2)47(50(48)49)43-39-37-41(38-40-43)31-11-7-3;;;/h29-30,33,35,37-40H,5-22,25-28,31-32,34,36H2,1-4H3;2*1H3;/q;2*-1;+2. The molecule has 0 amide bonds. The first-order chi connectivity index (χ1) is 24.7. The van der Waals surface area contributed by atoms with Crippen LogP contribution >= 0.6 is 0 Å². The van der Waals surface area contributed by atoms with E-state index in [0.29, 0.717) is 0 Å². The summed E-state index contributed by atoms with van der Waals surface area (Å²) in [6.07, 6.45) is 31.8. The summed E-state index contributed by atoms with van der Waals surface area (Å²) in [6, 6.07) is 17.9. The molecule has 1 aliphatic heterocycles. The molecular formula is C50H78N2Ni. The fourth-order valence-electron chi connectivity index (χ4n) is 7.45. The molecule has 0 aliphatic carbocycles. The van der Waals surface area contributed by atoms with E-state index in [4.69, 9.17) is 0 Å². The molecule has 0 unspecified atom stereocenters. The van der Waals surface area contributed by atoms with Gasteiger partial charge in [0.15, 0.2) is 0 Å². The average molecular weight is 766 g/mol.